The van der Waals surface area contributed by atoms with Crippen LogP contribution in [0.15, 0.2) is 18.2 Å². The van der Waals surface area contributed by atoms with E-state index >= 15 is 0 Å². The minimum Gasteiger partial charge on any atom is -0.384 e. The number of hydrogen-bond acceptors (Lipinski definition) is 2. The van der Waals surface area contributed by atoms with E-state index in [2.05, 4.69) is 27.9 Å². The molecule has 17 heavy (non-hydrogen) atoms. The van der Waals surface area contributed by atoms with Crippen LogP contribution < -0.4 is 5.32 Å². The second-order valence-electron chi connectivity index (χ2n) is 3.90. The minimum atomic E-state index is -0.105. The zero-order valence-corrected chi connectivity index (χ0v) is 12.7. The van der Waals surface area contributed by atoms with E-state index in [0.29, 0.717) is 29.7 Å². The first-order chi connectivity index (χ1) is 8.04. The van der Waals surface area contributed by atoms with E-state index in [1.807, 2.05) is 13.0 Å². The Morgan fingerprint density at radius 3 is 2.88 bits per heavy atom. The molecule has 0 saturated heterocycles. The number of hydrogen-bond donors (Lipinski definition) is 1. The third-order valence-corrected chi connectivity index (χ3v) is 3.82. The van der Waals surface area contributed by atoms with Gasteiger partial charge in [-0.15, -0.1) is 0 Å². The average Bonchev–Trinajstić information content (AvgIpc) is 2.30. The summed E-state index contributed by atoms with van der Waals surface area (Å²) < 4.78 is 5.94. The summed E-state index contributed by atoms with van der Waals surface area (Å²) in [4.78, 5) is 11.8. The number of rotatable bonds is 5. The van der Waals surface area contributed by atoms with Gasteiger partial charge in [-0.25, -0.2) is 0 Å². The summed E-state index contributed by atoms with van der Waals surface area (Å²) in [6.07, 6.45) is 0. The molecule has 0 radical (unpaired) electrons. The third-order valence-electron chi connectivity index (χ3n) is 2.24. The van der Waals surface area contributed by atoms with E-state index in [9.17, 15) is 4.79 Å². The Morgan fingerprint density at radius 2 is 2.29 bits per heavy atom. The maximum absolute atomic E-state index is 11.8. The fourth-order valence-corrected chi connectivity index (χ4v) is 1.87. The normalized spacial score (nSPS) is 12.2. The fourth-order valence-electron chi connectivity index (χ4n) is 1.35. The summed E-state index contributed by atoms with van der Waals surface area (Å²) in [7, 11) is 1.65. The molecule has 0 aliphatic heterocycles. The number of nitrogens with one attached hydrogen (secondary N) is 1. The molecule has 1 rings (SSSR count). The molecular weight excluding hydrogens is 352 g/mol. The number of benzene rings is 1. The Kier molecular flexibility index (Phi) is 6.22. The first-order valence-electron chi connectivity index (χ1n) is 5.26. The average molecular weight is 368 g/mol. The predicted octanol–water partition coefficient (Wildman–Crippen LogP) is 2.96. The van der Waals surface area contributed by atoms with Crippen molar-refractivity contribution in [3.63, 3.8) is 0 Å². The summed E-state index contributed by atoms with van der Waals surface area (Å²) in [5.41, 5.74) is 0.583. The van der Waals surface area contributed by atoms with Crippen molar-refractivity contribution < 1.29 is 9.53 Å². The van der Waals surface area contributed by atoms with E-state index in [0.717, 1.165) is 3.57 Å². The lowest BCUT2D eigenvalue weighted by molar-refractivity contribution is 0.0934. The van der Waals surface area contributed by atoms with Gasteiger partial charge in [0.1, 0.15) is 0 Å². The highest BCUT2D eigenvalue weighted by Crippen LogP contribution is 2.19. The molecule has 0 aliphatic rings. The summed E-state index contributed by atoms with van der Waals surface area (Å²) in [5.74, 6) is 0.189. The van der Waals surface area contributed by atoms with Gasteiger partial charge in [0.05, 0.1) is 11.6 Å². The second kappa shape index (κ2) is 7.18. The van der Waals surface area contributed by atoms with Crippen molar-refractivity contribution in [2.75, 3.05) is 20.3 Å². The van der Waals surface area contributed by atoms with Gasteiger partial charge >= 0.3 is 0 Å². The van der Waals surface area contributed by atoms with Crippen LogP contribution in [0.3, 0.4) is 0 Å². The lowest BCUT2D eigenvalue weighted by Crippen LogP contribution is -2.29. The Morgan fingerprint density at radius 1 is 1.59 bits per heavy atom. The SMILES string of the molecule is COCC(C)CNC(=O)c1ccc(I)c(Cl)c1. The van der Waals surface area contributed by atoms with Gasteiger partial charge in [-0.05, 0) is 46.7 Å². The highest BCUT2D eigenvalue weighted by molar-refractivity contribution is 14.1. The van der Waals surface area contributed by atoms with Crippen LogP contribution in [0.4, 0.5) is 0 Å². The van der Waals surface area contributed by atoms with Gasteiger partial charge < -0.3 is 10.1 Å². The summed E-state index contributed by atoms with van der Waals surface area (Å²) in [6.45, 7) is 3.24. The van der Waals surface area contributed by atoms with E-state index in [1.54, 1.807) is 19.2 Å². The molecule has 0 bridgehead atoms. The maximum atomic E-state index is 11.8. The number of amides is 1. The molecule has 0 saturated carbocycles. The molecule has 1 atom stereocenters. The van der Waals surface area contributed by atoms with Crippen molar-refractivity contribution in [1.82, 2.24) is 5.32 Å². The van der Waals surface area contributed by atoms with Gasteiger partial charge in [0, 0.05) is 22.8 Å². The summed E-state index contributed by atoms with van der Waals surface area (Å²) >= 11 is 8.09. The molecule has 0 spiro atoms. The molecule has 94 valence electrons. The van der Waals surface area contributed by atoms with Crippen LogP contribution in [0.25, 0.3) is 0 Å². The molecular formula is C12H15ClINO2. The quantitative estimate of drug-likeness (QED) is 0.813. The zero-order valence-electron chi connectivity index (χ0n) is 9.80. The highest BCUT2D eigenvalue weighted by atomic mass is 127. The van der Waals surface area contributed by atoms with Crippen molar-refractivity contribution in [3.05, 3.63) is 32.4 Å². The van der Waals surface area contributed by atoms with E-state index in [1.165, 1.54) is 0 Å². The number of halogens is 2. The fraction of sp³-hybridized carbons (Fsp3) is 0.417. The number of methoxy groups -OCH3 is 1. The van der Waals surface area contributed by atoms with Gasteiger partial charge in [0.25, 0.3) is 5.91 Å². The molecule has 0 aliphatic carbocycles. The zero-order chi connectivity index (χ0) is 12.8. The standard InChI is InChI=1S/C12H15ClINO2/c1-8(7-17-2)6-15-12(16)9-3-4-11(14)10(13)5-9/h3-5,8H,6-7H2,1-2H3,(H,15,16). The first kappa shape index (κ1) is 14.7. The Labute approximate surface area is 120 Å². The van der Waals surface area contributed by atoms with Gasteiger partial charge in [0.15, 0.2) is 0 Å². The molecule has 1 amide bonds. The van der Waals surface area contributed by atoms with Crippen molar-refractivity contribution in [3.8, 4) is 0 Å². The Balaban J connectivity index is 2.55. The van der Waals surface area contributed by atoms with E-state index in [-0.39, 0.29) is 5.91 Å². The van der Waals surface area contributed by atoms with Gasteiger partial charge in [-0.1, -0.05) is 18.5 Å². The van der Waals surface area contributed by atoms with Crippen LogP contribution in [0.2, 0.25) is 5.02 Å². The monoisotopic (exact) mass is 367 g/mol. The highest BCUT2D eigenvalue weighted by Gasteiger charge is 2.09. The molecule has 3 nitrogen and oxygen atoms in total. The molecule has 1 N–H and O–H groups in total. The minimum absolute atomic E-state index is 0.105. The smallest absolute Gasteiger partial charge is 0.251 e. The van der Waals surface area contributed by atoms with Gasteiger partial charge in [-0.3, -0.25) is 4.79 Å². The maximum Gasteiger partial charge on any atom is 0.251 e. The van der Waals surface area contributed by atoms with Crippen molar-refractivity contribution in [2.24, 2.45) is 5.92 Å². The van der Waals surface area contributed by atoms with Gasteiger partial charge in [-0.2, -0.15) is 0 Å². The lowest BCUT2D eigenvalue weighted by atomic mass is 10.1. The molecule has 0 aromatic heterocycles. The van der Waals surface area contributed by atoms with E-state index in [4.69, 9.17) is 16.3 Å². The van der Waals surface area contributed by atoms with Crippen LogP contribution >= 0.6 is 34.2 Å². The largest absolute Gasteiger partial charge is 0.384 e. The summed E-state index contributed by atoms with van der Waals surface area (Å²) in [6, 6.07) is 5.28. The number of ether oxygens (including phenoxy) is 1. The van der Waals surface area contributed by atoms with Crippen LogP contribution in [0.1, 0.15) is 17.3 Å². The Hall–Kier alpha value is -0.330. The predicted molar refractivity (Wildman–Crippen MR) is 77.5 cm³/mol. The molecule has 0 heterocycles. The second-order valence-corrected chi connectivity index (χ2v) is 5.47. The lowest BCUT2D eigenvalue weighted by Gasteiger charge is -2.11. The topological polar surface area (TPSA) is 38.3 Å². The van der Waals surface area contributed by atoms with Crippen molar-refractivity contribution in [2.45, 2.75) is 6.92 Å². The molecule has 5 heteroatoms. The van der Waals surface area contributed by atoms with Crippen LogP contribution in [-0.4, -0.2) is 26.2 Å². The molecule has 0 fully saturated rings. The van der Waals surface area contributed by atoms with Crippen LogP contribution in [0.5, 0.6) is 0 Å². The van der Waals surface area contributed by atoms with Crippen molar-refractivity contribution in [1.29, 1.82) is 0 Å². The third kappa shape index (κ3) is 4.81. The molecule has 1 aromatic rings. The van der Waals surface area contributed by atoms with Crippen LogP contribution in [0, 0.1) is 9.49 Å². The molecule has 1 unspecified atom stereocenters. The number of carbonyl (C=O) groups is 1. The Bertz CT molecular complexity index is 398. The molecule has 1 aromatic carbocycles. The van der Waals surface area contributed by atoms with E-state index < -0.39 is 0 Å². The van der Waals surface area contributed by atoms with Crippen LogP contribution in [-0.2, 0) is 4.74 Å². The first-order valence-corrected chi connectivity index (χ1v) is 6.72. The number of carbonyl (C=O) groups excluding carboxylic acids is 1. The van der Waals surface area contributed by atoms with Gasteiger partial charge in [0.2, 0.25) is 0 Å². The summed E-state index contributed by atoms with van der Waals surface area (Å²) in [5, 5.41) is 3.45. The van der Waals surface area contributed by atoms with Crippen molar-refractivity contribution >= 4 is 40.1 Å².